The summed E-state index contributed by atoms with van der Waals surface area (Å²) in [5.74, 6) is 1.18. The van der Waals surface area contributed by atoms with Crippen molar-refractivity contribution in [1.82, 2.24) is 0 Å². The van der Waals surface area contributed by atoms with E-state index in [4.69, 9.17) is 38.4 Å². The predicted octanol–water partition coefficient (Wildman–Crippen LogP) is 4.32. The maximum absolute atomic E-state index is 6.13. The molecule has 2 rings (SSSR count). The zero-order chi connectivity index (χ0) is 13.3. The molecule has 0 bridgehead atoms. The average Bonchev–Trinajstić information content (AvgIpc) is 2.68. The minimum atomic E-state index is 0.559. The van der Waals surface area contributed by atoms with Crippen molar-refractivity contribution in [2.24, 2.45) is 0 Å². The highest BCUT2D eigenvalue weighted by molar-refractivity contribution is 7.20. The summed E-state index contributed by atoms with van der Waals surface area (Å²) in [6.07, 6.45) is 0. The SMILES string of the molecule is COc1cc(N)c(-c2cc(Cl)sc2Cl)cc1OC. The van der Waals surface area contributed by atoms with Crippen molar-refractivity contribution < 1.29 is 9.47 Å². The van der Waals surface area contributed by atoms with E-state index in [2.05, 4.69) is 0 Å². The van der Waals surface area contributed by atoms with Crippen molar-refractivity contribution >= 4 is 40.2 Å². The molecule has 3 nitrogen and oxygen atoms in total. The van der Waals surface area contributed by atoms with E-state index in [1.165, 1.54) is 11.3 Å². The highest BCUT2D eigenvalue weighted by Gasteiger charge is 2.15. The van der Waals surface area contributed by atoms with Gasteiger partial charge in [0.15, 0.2) is 11.5 Å². The van der Waals surface area contributed by atoms with Gasteiger partial charge in [-0.1, -0.05) is 23.2 Å². The molecule has 0 atom stereocenters. The molecule has 18 heavy (non-hydrogen) atoms. The second-order valence-corrected chi connectivity index (χ2v) is 5.82. The molecule has 96 valence electrons. The molecule has 2 N–H and O–H groups in total. The van der Waals surface area contributed by atoms with E-state index in [0.29, 0.717) is 25.9 Å². The lowest BCUT2D eigenvalue weighted by molar-refractivity contribution is 0.355. The van der Waals surface area contributed by atoms with E-state index in [1.807, 2.05) is 0 Å². The lowest BCUT2D eigenvalue weighted by Gasteiger charge is -2.12. The van der Waals surface area contributed by atoms with E-state index in [0.717, 1.165) is 11.1 Å². The van der Waals surface area contributed by atoms with Gasteiger partial charge >= 0.3 is 0 Å². The van der Waals surface area contributed by atoms with Crippen LogP contribution in [0.1, 0.15) is 0 Å². The van der Waals surface area contributed by atoms with Crippen LogP contribution in [0.4, 0.5) is 5.69 Å². The van der Waals surface area contributed by atoms with Gasteiger partial charge in [-0.3, -0.25) is 0 Å². The summed E-state index contributed by atoms with van der Waals surface area (Å²) in [7, 11) is 3.13. The maximum atomic E-state index is 6.13. The molecular weight excluding hydrogens is 293 g/mol. The van der Waals surface area contributed by atoms with Gasteiger partial charge in [0.05, 0.1) is 18.6 Å². The standard InChI is InChI=1S/C12H11Cl2NO2S/c1-16-9-3-6(8(15)5-10(9)17-2)7-4-11(13)18-12(7)14/h3-5H,15H2,1-2H3. The summed E-state index contributed by atoms with van der Waals surface area (Å²) in [5, 5.41) is 0. The number of anilines is 1. The first-order valence-electron chi connectivity index (χ1n) is 5.03. The number of methoxy groups -OCH3 is 2. The number of thiophene rings is 1. The number of hydrogen-bond acceptors (Lipinski definition) is 4. The first kappa shape index (κ1) is 13.3. The number of ether oxygens (including phenoxy) is 2. The number of nitrogen functional groups attached to an aromatic ring is 1. The van der Waals surface area contributed by atoms with Gasteiger partial charge in [-0.05, 0) is 12.1 Å². The zero-order valence-electron chi connectivity index (χ0n) is 9.79. The molecule has 0 unspecified atom stereocenters. The Morgan fingerprint density at radius 3 is 2.11 bits per heavy atom. The molecule has 0 fully saturated rings. The molecule has 2 aromatic rings. The third kappa shape index (κ3) is 2.36. The monoisotopic (exact) mass is 303 g/mol. The summed E-state index contributed by atoms with van der Waals surface area (Å²) in [5.41, 5.74) is 8.13. The zero-order valence-corrected chi connectivity index (χ0v) is 12.1. The molecule has 0 saturated heterocycles. The predicted molar refractivity (Wildman–Crippen MR) is 77.3 cm³/mol. The lowest BCUT2D eigenvalue weighted by atomic mass is 10.1. The third-order valence-electron chi connectivity index (χ3n) is 2.50. The largest absolute Gasteiger partial charge is 0.493 e. The Kier molecular flexibility index (Phi) is 3.90. The van der Waals surface area contributed by atoms with Gasteiger partial charge in [-0.15, -0.1) is 11.3 Å². The van der Waals surface area contributed by atoms with Crippen molar-refractivity contribution in [2.75, 3.05) is 20.0 Å². The fourth-order valence-corrected chi connectivity index (χ4v) is 3.14. The molecular formula is C12H11Cl2NO2S. The molecule has 1 heterocycles. The van der Waals surface area contributed by atoms with Crippen LogP contribution in [0.5, 0.6) is 11.5 Å². The number of benzene rings is 1. The molecule has 1 aromatic heterocycles. The van der Waals surface area contributed by atoms with Crippen LogP contribution in [-0.2, 0) is 0 Å². The summed E-state index contributed by atoms with van der Waals surface area (Å²) in [6, 6.07) is 5.28. The first-order chi connectivity index (χ1) is 8.56. The number of nitrogens with two attached hydrogens (primary N) is 1. The number of halogens is 2. The van der Waals surface area contributed by atoms with Crippen LogP contribution in [0.3, 0.4) is 0 Å². The summed E-state index contributed by atoms with van der Waals surface area (Å²) in [6.45, 7) is 0. The summed E-state index contributed by atoms with van der Waals surface area (Å²) >= 11 is 13.4. The Morgan fingerprint density at radius 2 is 1.61 bits per heavy atom. The molecule has 1 aromatic carbocycles. The van der Waals surface area contributed by atoms with E-state index in [9.17, 15) is 0 Å². The highest BCUT2D eigenvalue weighted by Crippen LogP contribution is 2.43. The fraction of sp³-hybridized carbons (Fsp3) is 0.167. The Labute approximate surface area is 119 Å². The Morgan fingerprint density at radius 1 is 1.00 bits per heavy atom. The number of rotatable bonds is 3. The van der Waals surface area contributed by atoms with Gasteiger partial charge in [0.1, 0.15) is 4.34 Å². The Bertz CT molecular complexity index is 584. The van der Waals surface area contributed by atoms with Gasteiger partial charge < -0.3 is 15.2 Å². The average molecular weight is 304 g/mol. The molecule has 0 spiro atoms. The molecule has 0 saturated carbocycles. The minimum Gasteiger partial charge on any atom is -0.493 e. The van der Waals surface area contributed by atoms with Crippen molar-refractivity contribution in [3.05, 3.63) is 26.9 Å². The molecule has 0 radical (unpaired) electrons. The summed E-state index contributed by atoms with van der Waals surface area (Å²) in [4.78, 5) is 0. The normalized spacial score (nSPS) is 10.4. The second kappa shape index (κ2) is 5.26. The van der Waals surface area contributed by atoms with Crippen LogP contribution in [0.2, 0.25) is 8.67 Å². The van der Waals surface area contributed by atoms with Crippen molar-refractivity contribution in [2.45, 2.75) is 0 Å². The second-order valence-electron chi connectivity index (χ2n) is 3.53. The first-order valence-corrected chi connectivity index (χ1v) is 6.60. The molecule has 0 aliphatic rings. The number of hydrogen-bond donors (Lipinski definition) is 1. The van der Waals surface area contributed by atoms with Crippen molar-refractivity contribution in [1.29, 1.82) is 0 Å². The van der Waals surface area contributed by atoms with Crippen molar-refractivity contribution in [3.8, 4) is 22.6 Å². The van der Waals surface area contributed by atoms with E-state index in [-0.39, 0.29) is 0 Å². The van der Waals surface area contributed by atoms with Crippen LogP contribution in [0.15, 0.2) is 18.2 Å². The minimum absolute atomic E-state index is 0.559. The lowest BCUT2D eigenvalue weighted by Crippen LogP contribution is -1.95. The Hall–Kier alpha value is -1.10. The van der Waals surface area contributed by atoms with Gasteiger partial charge in [0.2, 0.25) is 0 Å². The van der Waals surface area contributed by atoms with Crippen molar-refractivity contribution in [3.63, 3.8) is 0 Å². The van der Waals surface area contributed by atoms with Crippen LogP contribution in [0.25, 0.3) is 11.1 Å². The van der Waals surface area contributed by atoms with Crippen LogP contribution < -0.4 is 15.2 Å². The maximum Gasteiger partial charge on any atom is 0.162 e. The van der Waals surface area contributed by atoms with E-state index in [1.54, 1.807) is 32.4 Å². The van der Waals surface area contributed by atoms with Gasteiger partial charge in [-0.2, -0.15) is 0 Å². The molecule has 6 heteroatoms. The smallest absolute Gasteiger partial charge is 0.162 e. The van der Waals surface area contributed by atoms with E-state index < -0.39 is 0 Å². The molecule has 0 amide bonds. The quantitative estimate of drug-likeness (QED) is 0.859. The fourth-order valence-electron chi connectivity index (χ4n) is 1.65. The molecule has 0 aliphatic heterocycles. The van der Waals surface area contributed by atoms with Crippen LogP contribution >= 0.6 is 34.5 Å². The van der Waals surface area contributed by atoms with E-state index >= 15 is 0 Å². The van der Waals surface area contributed by atoms with Gasteiger partial charge in [-0.25, -0.2) is 0 Å². The van der Waals surface area contributed by atoms with Gasteiger partial charge in [0, 0.05) is 22.9 Å². The van der Waals surface area contributed by atoms with Crippen LogP contribution in [-0.4, -0.2) is 14.2 Å². The topological polar surface area (TPSA) is 44.5 Å². The van der Waals surface area contributed by atoms with Gasteiger partial charge in [0.25, 0.3) is 0 Å². The highest BCUT2D eigenvalue weighted by atomic mass is 35.5. The molecule has 0 aliphatic carbocycles. The third-order valence-corrected chi connectivity index (χ3v) is 3.99. The summed E-state index contributed by atoms with van der Waals surface area (Å²) < 4.78 is 11.6. The Balaban J connectivity index is 2.61. The van der Waals surface area contributed by atoms with Crippen LogP contribution in [0, 0.1) is 0 Å².